The highest BCUT2D eigenvalue weighted by atomic mass is 32.2. The van der Waals surface area contributed by atoms with Gasteiger partial charge in [-0.05, 0) is 37.3 Å². The molecule has 0 unspecified atom stereocenters. The number of aromatic amines is 1. The van der Waals surface area contributed by atoms with E-state index in [1.807, 2.05) is 55.5 Å². The fraction of sp³-hybridized carbons (Fsp3) is 0.150. The molecule has 5 aromatic rings. The van der Waals surface area contributed by atoms with Crippen molar-refractivity contribution in [2.75, 3.05) is 7.11 Å². The topological polar surface area (TPSA) is 103 Å². The molecule has 2 aromatic carbocycles. The molecule has 3 aromatic heterocycles. The molecule has 0 aliphatic rings. The lowest BCUT2D eigenvalue weighted by atomic mass is 10.2. The van der Waals surface area contributed by atoms with E-state index in [1.165, 1.54) is 11.8 Å². The summed E-state index contributed by atoms with van der Waals surface area (Å²) in [6.45, 7) is 1.97. The molecule has 0 aliphatic carbocycles. The fourth-order valence-corrected chi connectivity index (χ4v) is 3.76. The second-order valence-electron chi connectivity index (χ2n) is 6.40. The molecule has 0 saturated heterocycles. The largest absolute Gasteiger partial charge is 0.497 e. The zero-order chi connectivity index (χ0) is 19.8. The maximum atomic E-state index is 5.85. The van der Waals surface area contributed by atoms with E-state index in [2.05, 4.69) is 30.4 Å². The second-order valence-corrected chi connectivity index (χ2v) is 7.70. The summed E-state index contributed by atoms with van der Waals surface area (Å²) in [6.07, 6.45) is 0. The molecular formula is C20H16N6O2S. The number of para-hydroxylation sites is 1. The monoisotopic (exact) mass is 404 g/mol. The summed E-state index contributed by atoms with van der Waals surface area (Å²) in [4.78, 5) is 7.87. The van der Waals surface area contributed by atoms with Crippen LogP contribution < -0.4 is 4.74 Å². The number of thioether (sulfide) groups is 1. The van der Waals surface area contributed by atoms with E-state index in [0.29, 0.717) is 22.6 Å². The molecule has 0 radical (unpaired) electrons. The highest BCUT2D eigenvalue weighted by Gasteiger charge is 2.19. The molecular weight excluding hydrogens is 388 g/mol. The van der Waals surface area contributed by atoms with Gasteiger partial charge in [0.1, 0.15) is 11.3 Å². The molecule has 9 heteroatoms. The minimum absolute atomic E-state index is 0.127. The summed E-state index contributed by atoms with van der Waals surface area (Å²) in [5.41, 5.74) is 3.29. The van der Waals surface area contributed by atoms with Crippen LogP contribution in [-0.2, 0) is 0 Å². The number of nitrogens with one attached hydrogen (secondary N) is 1. The normalized spacial score (nSPS) is 12.5. The summed E-state index contributed by atoms with van der Waals surface area (Å²) in [5, 5.41) is 18.3. The standard InChI is InChI=1S/C20H16N6O2S/c1-11(18-24-25-19(28-18)12-7-9-13(27-2)10-8-12)29-20-22-17-16(23-26-20)14-5-3-4-6-15(14)21-17/h3-11H,1-2H3,(H,21,22,26)/t11-/m0/s1. The minimum atomic E-state index is -0.127. The van der Waals surface area contributed by atoms with Crippen molar-refractivity contribution in [2.45, 2.75) is 17.3 Å². The molecule has 0 spiro atoms. The number of rotatable bonds is 5. The molecule has 0 saturated carbocycles. The van der Waals surface area contributed by atoms with Gasteiger partial charge in [-0.1, -0.05) is 30.0 Å². The number of hydrogen-bond acceptors (Lipinski definition) is 8. The van der Waals surface area contributed by atoms with Gasteiger partial charge in [-0.15, -0.1) is 20.4 Å². The molecule has 0 bridgehead atoms. The van der Waals surface area contributed by atoms with Gasteiger partial charge in [-0.2, -0.15) is 0 Å². The molecule has 8 nitrogen and oxygen atoms in total. The third kappa shape index (κ3) is 3.29. The van der Waals surface area contributed by atoms with Gasteiger partial charge in [-0.25, -0.2) is 4.98 Å². The lowest BCUT2D eigenvalue weighted by Gasteiger charge is -2.04. The van der Waals surface area contributed by atoms with Crippen LogP contribution in [0.25, 0.3) is 33.5 Å². The van der Waals surface area contributed by atoms with Crippen molar-refractivity contribution in [1.82, 2.24) is 30.4 Å². The Morgan fingerprint density at radius 1 is 1.00 bits per heavy atom. The van der Waals surface area contributed by atoms with Crippen LogP contribution in [0.3, 0.4) is 0 Å². The predicted molar refractivity (Wildman–Crippen MR) is 110 cm³/mol. The van der Waals surface area contributed by atoms with Gasteiger partial charge in [0.25, 0.3) is 0 Å². The van der Waals surface area contributed by atoms with E-state index >= 15 is 0 Å². The van der Waals surface area contributed by atoms with Gasteiger partial charge < -0.3 is 14.1 Å². The SMILES string of the molecule is COc1ccc(-c2nnc([C@H](C)Sc3nnc4c(n3)[nH]c3ccccc34)o2)cc1. The Labute approximate surface area is 169 Å². The van der Waals surface area contributed by atoms with E-state index in [4.69, 9.17) is 9.15 Å². The van der Waals surface area contributed by atoms with Crippen molar-refractivity contribution in [3.05, 3.63) is 54.4 Å². The molecule has 0 amide bonds. The Kier molecular flexibility index (Phi) is 4.36. The smallest absolute Gasteiger partial charge is 0.247 e. The fourth-order valence-electron chi connectivity index (χ4n) is 3.01. The highest BCUT2D eigenvalue weighted by Crippen LogP contribution is 2.34. The molecule has 3 heterocycles. The molecule has 0 aliphatic heterocycles. The van der Waals surface area contributed by atoms with E-state index in [-0.39, 0.29) is 5.25 Å². The lowest BCUT2D eigenvalue weighted by molar-refractivity contribution is 0.415. The zero-order valence-corrected chi connectivity index (χ0v) is 16.5. The number of hydrogen-bond donors (Lipinski definition) is 1. The van der Waals surface area contributed by atoms with Crippen LogP contribution in [-0.4, -0.2) is 37.5 Å². The summed E-state index contributed by atoms with van der Waals surface area (Å²) >= 11 is 1.42. The van der Waals surface area contributed by atoms with Gasteiger partial charge in [0.05, 0.1) is 12.4 Å². The minimum Gasteiger partial charge on any atom is -0.497 e. The summed E-state index contributed by atoms with van der Waals surface area (Å²) in [5.74, 6) is 1.73. The number of benzene rings is 2. The van der Waals surface area contributed by atoms with Crippen LogP contribution in [0.2, 0.25) is 0 Å². The van der Waals surface area contributed by atoms with Crippen molar-refractivity contribution in [2.24, 2.45) is 0 Å². The molecule has 1 atom stereocenters. The lowest BCUT2D eigenvalue weighted by Crippen LogP contribution is -1.95. The van der Waals surface area contributed by atoms with Crippen molar-refractivity contribution in [1.29, 1.82) is 0 Å². The number of H-pyrrole nitrogens is 1. The first-order valence-corrected chi connectivity index (χ1v) is 9.85. The van der Waals surface area contributed by atoms with Crippen molar-refractivity contribution in [3.8, 4) is 17.2 Å². The number of aromatic nitrogens is 6. The van der Waals surface area contributed by atoms with E-state index in [1.54, 1.807) is 7.11 Å². The van der Waals surface area contributed by atoms with Gasteiger partial charge >= 0.3 is 0 Å². The second kappa shape index (κ2) is 7.17. The summed E-state index contributed by atoms with van der Waals surface area (Å²) in [6, 6.07) is 15.4. The molecule has 29 heavy (non-hydrogen) atoms. The van der Waals surface area contributed by atoms with E-state index < -0.39 is 0 Å². The molecule has 5 rings (SSSR count). The van der Waals surface area contributed by atoms with Gasteiger partial charge in [0.15, 0.2) is 5.65 Å². The van der Waals surface area contributed by atoms with Crippen LogP contribution >= 0.6 is 11.8 Å². The van der Waals surface area contributed by atoms with Gasteiger partial charge in [-0.3, -0.25) is 0 Å². The first-order chi connectivity index (χ1) is 14.2. The average Bonchev–Trinajstić information content (AvgIpc) is 3.38. The average molecular weight is 404 g/mol. The Balaban J connectivity index is 1.37. The van der Waals surface area contributed by atoms with Gasteiger partial charge in [0, 0.05) is 16.5 Å². The first-order valence-electron chi connectivity index (χ1n) is 8.97. The van der Waals surface area contributed by atoms with E-state index in [0.717, 1.165) is 27.7 Å². The maximum absolute atomic E-state index is 5.85. The van der Waals surface area contributed by atoms with Crippen LogP contribution in [0.1, 0.15) is 18.1 Å². The van der Waals surface area contributed by atoms with E-state index in [9.17, 15) is 0 Å². The third-order valence-electron chi connectivity index (χ3n) is 4.51. The number of nitrogens with zero attached hydrogens (tertiary/aromatic N) is 5. The Morgan fingerprint density at radius 3 is 2.66 bits per heavy atom. The van der Waals surface area contributed by atoms with Gasteiger partial charge in [0.2, 0.25) is 16.9 Å². The van der Waals surface area contributed by atoms with Crippen molar-refractivity contribution < 1.29 is 9.15 Å². The first kappa shape index (κ1) is 17.6. The van der Waals surface area contributed by atoms with Crippen LogP contribution in [0.4, 0.5) is 0 Å². The molecule has 1 N–H and O–H groups in total. The van der Waals surface area contributed by atoms with Crippen molar-refractivity contribution >= 4 is 33.8 Å². The number of ether oxygens (including phenoxy) is 1. The quantitative estimate of drug-likeness (QED) is 0.430. The van der Waals surface area contributed by atoms with Crippen LogP contribution in [0.5, 0.6) is 5.75 Å². The van der Waals surface area contributed by atoms with Crippen LogP contribution in [0.15, 0.2) is 58.1 Å². The molecule has 144 valence electrons. The Bertz CT molecular complexity index is 1300. The zero-order valence-electron chi connectivity index (χ0n) is 15.7. The Hall–Kier alpha value is -3.46. The predicted octanol–water partition coefficient (Wildman–Crippen LogP) is 4.42. The third-order valence-corrected chi connectivity index (χ3v) is 5.45. The Morgan fingerprint density at radius 2 is 1.83 bits per heavy atom. The number of fused-ring (bicyclic) bond motifs is 3. The van der Waals surface area contributed by atoms with Crippen LogP contribution in [0, 0.1) is 0 Å². The highest BCUT2D eigenvalue weighted by molar-refractivity contribution is 7.99. The number of methoxy groups -OCH3 is 1. The van der Waals surface area contributed by atoms with Crippen molar-refractivity contribution in [3.63, 3.8) is 0 Å². The molecule has 0 fully saturated rings. The summed E-state index contributed by atoms with van der Waals surface area (Å²) in [7, 11) is 1.63. The summed E-state index contributed by atoms with van der Waals surface area (Å²) < 4.78 is 11.0. The maximum Gasteiger partial charge on any atom is 0.247 e.